The molecule has 0 fully saturated rings. The topological polar surface area (TPSA) is 119 Å². The normalized spacial score (nSPS) is 11.2. The van der Waals surface area contributed by atoms with Gasteiger partial charge in [-0.15, -0.1) is 0 Å². The van der Waals surface area contributed by atoms with Crippen LogP contribution >= 0.6 is 0 Å². The number of aryl methyl sites for hydroxylation is 3. The quantitative estimate of drug-likeness (QED) is 0.656. The van der Waals surface area contributed by atoms with Gasteiger partial charge in [-0.1, -0.05) is 0 Å². The van der Waals surface area contributed by atoms with E-state index in [1.807, 2.05) is 6.92 Å². The number of nitrogens with zero attached hydrogens (tertiary/aromatic N) is 4. The smallest absolute Gasteiger partial charge is 0.264 e. The molecule has 0 atom stereocenters. The molecule has 0 unspecified atom stereocenters. The van der Waals surface area contributed by atoms with Crippen molar-refractivity contribution in [3.05, 3.63) is 59.7 Å². The predicted molar refractivity (Wildman–Crippen MR) is 105 cm³/mol. The van der Waals surface area contributed by atoms with Crippen LogP contribution < -0.4 is 10.0 Å². The van der Waals surface area contributed by atoms with Gasteiger partial charge in [0.2, 0.25) is 5.95 Å². The van der Waals surface area contributed by atoms with Gasteiger partial charge in [-0.05, 0) is 51.1 Å². The molecule has 3 aromatic rings. The van der Waals surface area contributed by atoms with E-state index in [4.69, 9.17) is 0 Å². The highest BCUT2D eigenvalue weighted by Crippen LogP contribution is 2.17. The van der Waals surface area contributed by atoms with Crippen LogP contribution in [0.4, 0.5) is 11.6 Å². The average Bonchev–Trinajstić information content (AvgIpc) is 3.10. The summed E-state index contributed by atoms with van der Waals surface area (Å²) in [5.74, 6) is -0.306. The third kappa shape index (κ3) is 4.52. The van der Waals surface area contributed by atoms with Crippen molar-refractivity contribution in [2.75, 3.05) is 10.0 Å². The lowest BCUT2D eigenvalue weighted by Crippen LogP contribution is -2.16. The molecule has 146 valence electrons. The number of sulfonamides is 1. The van der Waals surface area contributed by atoms with Crippen LogP contribution in [0.25, 0.3) is 0 Å². The van der Waals surface area contributed by atoms with E-state index in [1.54, 1.807) is 30.8 Å². The van der Waals surface area contributed by atoms with E-state index in [-0.39, 0.29) is 16.8 Å². The van der Waals surface area contributed by atoms with Gasteiger partial charge in [-0.25, -0.2) is 23.1 Å². The Balaban J connectivity index is 1.73. The molecule has 9 nitrogen and oxygen atoms in total. The van der Waals surface area contributed by atoms with Crippen LogP contribution in [0.2, 0.25) is 0 Å². The lowest BCUT2D eigenvalue weighted by molar-refractivity contribution is 0.102. The fourth-order valence-corrected chi connectivity index (χ4v) is 3.47. The van der Waals surface area contributed by atoms with E-state index in [0.29, 0.717) is 29.2 Å². The van der Waals surface area contributed by atoms with Crippen molar-refractivity contribution in [2.45, 2.75) is 32.2 Å². The highest BCUT2D eigenvalue weighted by Gasteiger charge is 2.16. The Kier molecular flexibility index (Phi) is 5.41. The average molecular weight is 400 g/mol. The van der Waals surface area contributed by atoms with E-state index < -0.39 is 10.0 Å². The maximum Gasteiger partial charge on any atom is 0.264 e. The number of rotatable bonds is 6. The summed E-state index contributed by atoms with van der Waals surface area (Å²) in [6.07, 6.45) is 3.12. The number of benzene rings is 1. The molecular weight excluding hydrogens is 380 g/mol. The maximum atomic E-state index is 12.5. The van der Waals surface area contributed by atoms with Gasteiger partial charge in [-0.2, -0.15) is 5.10 Å². The molecule has 3 rings (SSSR count). The van der Waals surface area contributed by atoms with Gasteiger partial charge in [0.25, 0.3) is 15.9 Å². The number of hydrogen-bond acceptors (Lipinski definition) is 6. The van der Waals surface area contributed by atoms with E-state index >= 15 is 0 Å². The molecule has 2 heterocycles. The zero-order valence-corrected chi connectivity index (χ0v) is 16.5. The molecule has 1 amide bonds. The predicted octanol–water partition coefficient (Wildman–Crippen LogP) is 2.36. The van der Waals surface area contributed by atoms with E-state index in [1.165, 1.54) is 30.5 Å². The van der Waals surface area contributed by atoms with Gasteiger partial charge in [0.1, 0.15) is 0 Å². The molecule has 0 aliphatic carbocycles. The summed E-state index contributed by atoms with van der Waals surface area (Å²) in [6.45, 7) is 6.10. The molecule has 0 aliphatic rings. The molecule has 0 spiro atoms. The fourth-order valence-electron chi connectivity index (χ4n) is 2.53. The summed E-state index contributed by atoms with van der Waals surface area (Å²) in [6, 6.07) is 7.57. The Hall–Kier alpha value is -3.27. The first-order valence-corrected chi connectivity index (χ1v) is 10.0. The highest BCUT2D eigenvalue weighted by atomic mass is 32.2. The Morgan fingerprint density at radius 2 is 1.75 bits per heavy atom. The molecule has 0 aliphatic heterocycles. The fraction of sp³-hybridized carbons (Fsp3) is 0.222. The molecule has 0 saturated heterocycles. The number of aromatic nitrogens is 4. The molecule has 2 aromatic heterocycles. The monoisotopic (exact) mass is 400 g/mol. The van der Waals surface area contributed by atoms with Crippen LogP contribution in [0.15, 0.2) is 47.6 Å². The second kappa shape index (κ2) is 7.77. The van der Waals surface area contributed by atoms with Gasteiger partial charge in [0.15, 0.2) is 0 Å². The second-order valence-electron chi connectivity index (χ2n) is 6.14. The van der Waals surface area contributed by atoms with Crippen molar-refractivity contribution < 1.29 is 13.2 Å². The number of carbonyl (C=O) groups excluding carboxylic acids is 1. The number of nitrogens with one attached hydrogen (secondary N) is 2. The largest absolute Gasteiger partial charge is 0.322 e. The standard InChI is InChI=1S/C18H20N6O3S/c1-4-24-11-14(10-19-24)17(25)22-15-5-7-16(8-6-15)28(26,27)23-18-20-12(2)9-13(3)21-18/h5-11H,4H2,1-3H3,(H,22,25)(H,20,21,23). The lowest BCUT2D eigenvalue weighted by atomic mass is 10.3. The van der Waals surface area contributed by atoms with Crippen molar-refractivity contribution in [1.29, 1.82) is 0 Å². The number of carbonyl (C=O) groups is 1. The molecule has 0 radical (unpaired) electrons. The van der Waals surface area contributed by atoms with Crippen LogP contribution in [-0.4, -0.2) is 34.1 Å². The molecule has 28 heavy (non-hydrogen) atoms. The third-order valence-corrected chi connectivity index (χ3v) is 5.19. The summed E-state index contributed by atoms with van der Waals surface area (Å²) in [5, 5.41) is 6.76. The van der Waals surface area contributed by atoms with Gasteiger partial charge >= 0.3 is 0 Å². The molecule has 1 aromatic carbocycles. The van der Waals surface area contributed by atoms with E-state index in [9.17, 15) is 13.2 Å². The van der Waals surface area contributed by atoms with Gasteiger partial charge < -0.3 is 5.32 Å². The molecule has 2 N–H and O–H groups in total. The van der Waals surface area contributed by atoms with Crippen LogP contribution in [0, 0.1) is 13.8 Å². The van der Waals surface area contributed by atoms with Crippen molar-refractivity contribution in [1.82, 2.24) is 19.7 Å². The Bertz CT molecular complexity index is 1090. The zero-order chi connectivity index (χ0) is 20.3. The minimum absolute atomic E-state index is 0.0165. The summed E-state index contributed by atoms with van der Waals surface area (Å²) in [5.41, 5.74) is 2.22. The van der Waals surface area contributed by atoms with Crippen molar-refractivity contribution in [3.8, 4) is 0 Å². The minimum Gasteiger partial charge on any atom is -0.322 e. The summed E-state index contributed by atoms with van der Waals surface area (Å²) in [7, 11) is -3.85. The van der Waals surface area contributed by atoms with Gasteiger partial charge in [-0.3, -0.25) is 9.48 Å². The van der Waals surface area contributed by atoms with Crippen LogP contribution in [0.5, 0.6) is 0 Å². The maximum absolute atomic E-state index is 12.5. The zero-order valence-electron chi connectivity index (χ0n) is 15.7. The number of anilines is 2. The lowest BCUT2D eigenvalue weighted by Gasteiger charge is -2.09. The molecule has 0 bridgehead atoms. The summed E-state index contributed by atoms with van der Waals surface area (Å²) < 4.78 is 29.1. The van der Waals surface area contributed by atoms with Crippen LogP contribution in [0.1, 0.15) is 28.7 Å². The molecule has 0 saturated carbocycles. The van der Waals surface area contributed by atoms with Crippen molar-refractivity contribution >= 4 is 27.6 Å². The van der Waals surface area contributed by atoms with E-state index in [2.05, 4.69) is 25.1 Å². The highest BCUT2D eigenvalue weighted by molar-refractivity contribution is 7.92. The number of hydrogen-bond donors (Lipinski definition) is 2. The van der Waals surface area contributed by atoms with Crippen molar-refractivity contribution in [3.63, 3.8) is 0 Å². The van der Waals surface area contributed by atoms with E-state index in [0.717, 1.165) is 0 Å². The van der Waals surface area contributed by atoms with Gasteiger partial charge in [0, 0.05) is 29.8 Å². The van der Waals surface area contributed by atoms with Gasteiger partial charge in [0.05, 0.1) is 16.7 Å². The molecule has 10 heteroatoms. The first-order chi connectivity index (χ1) is 13.3. The minimum atomic E-state index is -3.85. The Morgan fingerprint density at radius 1 is 1.11 bits per heavy atom. The SMILES string of the molecule is CCn1cc(C(=O)Nc2ccc(S(=O)(=O)Nc3nc(C)cc(C)n3)cc2)cn1. The first kappa shape index (κ1) is 19.5. The summed E-state index contributed by atoms with van der Waals surface area (Å²) >= 11 is 0. The number of amides is 1. The Morgan fingerprint density at radius 3 is 2.32 bits per heavy atom. The summed E-state index contributed by atoms with van der Waals surface area (Å²) in [4.78, 5) is 20.4. The third-order valence-electron chi connectivity index (χ3n) is 3.85. The first-order valence-electron chi connectivity index (χ1n) is 8.56. The molecular formula is C18H20N6O3S. The Labute approximate surface area is 162 Å². The van der Waals surface area contributed by atoms with Crippen LogP contribution in [0.3, 0.4) is 0 Å². The van der Waals surface area contributed by atoms with Crippen molar-refractivity contribution in [2.24, 2.45) is 0 Å². The second-order valence-corrected chi connectivity index (χ2v) is 7.83. The van der Waals surface area contributed by atoms with Crippen LogP contribution in [-0.2, 0) is 16.6 Å².